The molecule has 0 saturated carbocycles. The maximum atomic E-state index is 5.89. The van der Waals surface area contributed by atoms with Gasteiger partial charge in [-0.2, -0.15) is 0 Å². The van der Waals surface area contributed by atoms with Crippen molar-refractivity contribution in [3.8, 4) is 23.0 Å². The minimum atomic E-state index is -2.67. The summed E-state index contributed by atoms with van der Waals surface area (Å²) in [5.41, 5.74) is 0. The third-order valence-electron chi connectivity index (χ3n) is 7.67. The number of hydrogen-bond donors (Lipinski definition) is 0. The quantitative estimate of drug-likeness (QED) is 0.116. The fourth-order valence-corrected chi connectivity index (χ4v) is 9.87. The van der Waals surface area contributed by atoms with Crippen LogP contribution >= 0.6 is 15.9 Å². The van der Waals surface area contributed by atoms with E-state index in [0.717, 1.165) is 43.0 Å². The van der Waals surface area contributed by atoms with E-state index in [1.807, 2.05) is 170 Å². The Bertz CT molecular complexity index is 1820. The number of rotatable bonds is 12. The van der Waals surface area contributed by atoms with Gasteiger partial charge in [-0.25, -0.2) is 0 Å². The van der Waals surface area contributed by atoms with E-state index in [0.29, 0.717) is 0 Å². The van der Waals surface area contributed by atoms with Crippen LogP contribution in [0.15, 0.2) is 174 Å². The van der Waals surface area contributed by atoms with Crippen LogP contribution in [0.3, 0.4) is 0 Å². The van der Waals surface area contributed by atoms with Crippen LogP contribution in [0.5, 0.6) is 23.0 Å². The fraction of sp³-hybridized carbons (Fsp3) is 0.122. The Morgan fingerprint density at radius 1 is 0.365 bits per heavy atom. The van der Waals surface area contributed by atoms with E-state index >= 15 is 0 Å². The summed E-state index contributed by atoms with van der Waals surface area (Å²) in [6.45, 7) is 0. The molecule has 0 aromatic heterocycles. The molecule has 0 aliphatic carbocycles. The number of benzene rings is 6. The molecule has 11 heteroatoms. The van der Waals surface area contributed by atoms with Crippen LogP contribution in [0.4, 0.5) is 0 Å². The Kier molecular flexibility index (Phi) is 18.5. The Labute approximate surface area is 337 Å². The van der Waals surface area contributed by atoms with Crippen LogP contribution in [0, 0.1) is 0 Å². The molecule has 0 atom stereocenters. The van der Waals surface area contributed by atoms with Crippen molar-refractivity contribution in [1.82, 2.24) is 0 Å². The molecule has 0 aliphatic heterocycles. The van der Waals surface area contributed by atoms with Gasteiger partial charge < -0.3 is 34.5 Å². The predicted molar refractivity (Wildman–Crippen MR) is 220 cm³/mol. The third kappa shape index (κ3) is 12.0. The van der Waals surface area contributed by atoms with Crippen LogP contribution in [0.1, 0.15) is 2.85 Å². The second-order valence-electron chi connectivity index (χ2n) is 10.7. The molecule has 0 amide bonds. The Balaban J connectivity index is 0.000000421. The van der Waals surface area contributed by atoms with Gasteiger partial charge in [-0.3, -0.25) is 0 Å². The third-order valence-corrected chi connectivity index (χ3v) is 14.2. The summed E-state index contributed by atoms with van der Waals surface area (Å²) in [5, 5.41) is 3.09. The molecular formula is C41H45BrMgO7Si2. The molecule has 0 saturated heterocycles. The number of para-hydroxylation sites is 2. The van der Waals surface area contributed by atoms with E-state index in [9.17, 15) is 0 Å². The van der Waals surface area contributed by atoms with Gasteiger partial charge in [0.1, 0.15) is 23.0 Å². The molecule has 6 aromatic carbocycles. The summed E-state index contributed by atoms with van der Waals surface area (Å²) in [5.74, 6) is 3.30. The molecule has 0 N–H and O–H groups in total. The Morgan fingerprint density at radius 2 is 0.673 bits per heavy atom. The first kappa shape index (κ1) is 42.8. The van der Waals surface area contributed by atoms with Crippen molar-refractivity contribution in [2.24, 2.45) is 0 Å². The van der Waals surface area contributed by atoms with Gasteiger partial charge in [-0.1, -0.05) is 125 Å². The molecule has 0 spiro atoms. The van der Waals surface area contributed by atoms with E-state index in [4.69, 9.17) is 31.6 Å². The van der Waals surface area contributed by atoms with Gasteiger partial charge >= 0.3 is 40.4 Å². The Morgan fingerprint density at radius 3 is 1.04 bits per heavy atom. The molecule has 0 radical (unpaired) electrons. The van der Waals surface area contributed by atoms with Crippen molar-refractivity contribution >= 4 is 71.9 Å². The Hall–Kier alpha value is -3.60. The minimum Gasteiger partial charge on any atom is -1.00 e. The summed E-state index contributed by atoms with van der Waals surface area (Å²) < 4.78 is 40.3. The SMILES string of the molecule is Brc1ccc(Oc2ccccc2)cc1.CO[Si](OC)(OC)c1ccccc1.CO[Si](OC)(c1ccccc1)c1ccc(Oc2ccccc2)cc1.[H-].[H-].[Mg+2]. The summed E-state index contributed by atoms with van der Waals surface area (Å²) in [4.78, 5) is 0. The first-order valence-corrected chi connectivity index (χ1v) is 20.4. The number of ether oxygens (including phenoxy) is 2. The first-order valence-electron chi connectivity index (χ1n) is 16.1. The molecule has 0 unspecified atom stereocenters. The largest absolute Gasteiger partial charge is 2.00 e. The van der Waals surface area contributed by atoms with Gasteiger partial charge in [0.2, 0.25) is 0 Å². The van der Waals surface area contributed by atoms with Crippen LogP contribution in [0.2, 0.25) is 0 Å². The van der Waals surface area contributed by atoms with Gasteiger partial charge in [0.05, 0.1) is 0 Å². The van der Waals surface area contributed by atoms with Crippen LogP contribution in [-0.4, -0.2) is 76.0 Å². The van der Waals surface area contributed by atoms with Crippen molar-refractivity contribution in [2.75, 3.05) is 35.5 Å². The molecule has 0 bridgehead atoms. The standard InChI is InChI=1S/C20H20O3Si.C12H9BrO.C9H14O3Si.Mg.2H/c1-21-24(22-2,19-11-7-4-8-12-19)20-15-13-18(14-16-20)23-17-9-5-3-6-10-17;13-10-6-8-12(9-7-10)14-11-4-2-1-3-5-11;1-10-13(11-2,12-3)9-7-5-4-6-8-9;;;/h3-16H,1-2H3;1-9H;4-8H,1-3H3;;;/q;;;+2;2*-1. The van der Waals surface area contributed by atoms with Crippen molar-refractivity contribution in [1.29, 1.82) is 0 Å². The molecule has 7 nitrogen and oxygen atoms in total. The topological polar surface area (TPSA) is 64.6 Å². The maximum Gasteiger partial charge on any atom is 2.00 e. The van der Waals surface area contributed by atoms with Gasteiger partial charge in [-0.15, -0.1) is 0 Å². The van der Waals surface area contributed by atoms with E-state index < -0.39 is 17.4 Å². The van der Waals surface area contributed by atoms with Gasteiger partial charge in [0, 0.05) is 45.2 Å². The summed E-state index contributed by atoms with van der Waals surface area (Å²) in [6, 6.07) is 55.0. The minimum absolute atomic E-state index is 0. The molecule has 6 rings (SSSR count). The normalized spacial score (nSPS) is 10.7. The zero-order valence-corrected chi connectivity index (χ0v) is 35.1. The molecule has 0 aliphatic rings. The van der Waals surface area contributed by atoms with Gasteiger partial charge in [0.25, 0.3) is 0 Å². The van der Waals surface area contributed by atoms with Crippen LogP contribution < -0.4 is 25.0 Å². The summed E-state index contributed by atoms with van der Waals surface area (Å²) in [7, 11) is 2.96. The smallest absolute Gasteiger partial charge is 1.00 e. The average Bonchev–Trinajstić information content (AvgIpc) is 3.20. The van der Waals surface area contributed by atoms with E-state index in [2.05, 4.69) is 15.9 Å². The monoisotopic (exact) mass is 808 g/mol. The zero-order valence-electron chi connectivity index (χ0n) is 32.1. The van der Waals surface area contributed by atoms with Crippen molar-refractivity contribution in [3.63, 3.8) is 0 Å². The second kappa shape index (κ2) is 22.5. The van der Waals surface area contributed by atoms with E-state index in [1.54, 1.807) is 35.5 Å². The second-order valence-corrected chi connectivity index (χ2v) is 17.8. The van der Waals surface area contributed by atoms with Crippen molar-refractivity contribution in [3.05, 3.63) is 174 Å². The van der Waals surface area contributed by atoms with Crippen molar-refractivity contribution in [2.45, 2.75) is 0 Å². The van der Waals surface area contributed by atoms with Crippen LogP contribution in [-0.2, 0) is 22.1 Å². The average molecular weight is 810 g/mol. The molecular weight excluding hydrogens is 765 g/mol. The first-order chi connectivity index (χ1) is 24.9. The summed E-state index contributed by atoms with van der Waals surface area (Å²) in [6.07, 6.45) is 0. The number of halogens is 1. The molecule has 52 heavy (non-hydrogen) atoms. The molecule has 6 aromatic rings. The van der Waals surface area contributed by atoms with Gasteiger partial charge in [-0.05, 0) is 71.0 Å². The van der Waals surface area contributed by atoms with Gasteiger partial charge in [0.15, 0.2) is 0 Å². The van der Waals surface area contributed by atoms with E-state index in [-0.39, 0.29) is 25.9 Å². The van der Waals surface area contributed by atoms with Crippen molar-refractivity contribution < 1.29 is 34.5 Å². The maximum absolute atomic E-state index is 5.89. The zero-order chi connectivity index (χ0) is 36.4. The molecule has 0 heterocycles. The summed E-state index contributed by atoms with van der Waals surface area (Å²) >= 11 is 3.38. The number of hydrogen-bond acceptors (Lipinski definition) is 7. The molecule has 0 fully saturated rings. The fourth-order valence-electron chi connectivity index (χ4n) is 5.12. The van der Waals surface area contributed by atoms with Crippen LogP contribution in [0.25, 0.3) is 0 Å². The predicted octanol–water partition coefficient (Wildman–Crippen LogP) is 8.19. The molecule has 268 valence electrons. The van der Waals surface area contributed by atoms with E-state index in [1.165, 1.54) is 0 Å².